The Hall–Kier alpha value is -1.80. The largest absolute Gasteiger partial charge is 0.449 e. The molecule has 0 aliphatic heterocycles. The second kappa shape index (κ2) is 4.81. The number of hydrogen-bond donors (Lipinski definition) is 1. The summed E-state index contributed by atoms with van der Waals surface area (Å²) >= 11 is 3.33. The maximum Gasteiger partial charge on any atom is 0.203 e. The molecule has 0 unspecified atom stereocenters. The summed E-state index contributed by atoms with van der Waals surface area (Å²) < 4.78 is 6.14. The van der Waals surface area contributed by atoms with Crippen LogP contribution in [0, 0.1) is 11.3 Å². The zero-order chi connectivity index (χ0) is 11.4. The number of nitrogens with zero attached hydrogens (tertiary/aromatic N) is 2. The topological polar surface area (TPSA) is 61.9 Å². The smallest absolute Gasteiger partial charge is 0.203 e. The number of aromatic nitrogens is 1. The third-order valence-electron chi connectivity index (χ3n) is 1.94. The fourth-order valence-electron chi connectivity index (χ4n) is 1.23. The van der Waals surface area contributed by atoms with Crippen molar-refractivity contribution in [3.63, 3.8) is 0 Å². The highest BCUT2D eigenvalue weighted by Crippen LogP contribution is 2.15. The number of rotatable bonds is 3. The van der Waals surface area contributed by atoms with Gasteiger partial charge in [-0.25, -0.2) is 0 Å². The third kappa shape index (κ3) is 2.61. The van der Waals surface area contributed by atoms with Crippen molar-refractivity contribution < 1.29 is 4.42 Å². The number of anilines is 1. The molecule has 4 nitrogen and oxygen atoms in total. The van der Waals surface area contributed by atoms with Gasteiger partial charge in [-0.2, -0.15) is 5.26 Å². The lowest BCUT2D eigenvalue weighted by atomic mass is 10.4. The van der Waals surface area contributed by atoms with Crippen molar-refractivity contribution in [3.8, 4) is 6.07 Å². The number of nitriles is 1. The van der Waals surface area contributed by atoms with Gasteiger partial charge in [-0.05, 0) is 34.1 Å². The van der Waals surface area contributed by atoms with Crippen LogP contribution in [0.5, 0.6) is 0 Å². The first-order valence-corrected chi connectivity index (χ1v) is 5.40. The number of nitrogens with one attached hydrogen (secondary N) is 1. The standard InChI is InChI=1S/C11H8BrN3O/c12-8-3-9(6-14-5-8)15-7-11-2-1-10(4-13)16-11/h1-3,5-6,15H,7H2. The lowest BCUT2D eigenvalue weighted by Gasteiger charge is -2.03. The van der Waals surface area contributed by atoms with Crippen LogP contribution in [0.1, 0.15) is 11.5 Å². The van der Waals surface area contributed by atoms with E-state index in [1.54, 1.807) is 24.5 Å². The van der Waals surface area contributed by atoms with Gasteiger partial charge in [-0.1, -0.05) is 0 Å². The summed E-state index contributed by atoms with van der Waals surface area (Å²) in [6, 6.07) is 7.28. The molecule has 16 heavy (non-hydrogen) atoms. The van der Waals surface area contributed by atoms with Crippen molar-refractivity contribution in [2.24, 2.45) is 0 Å². The predicted molar refractivity (Wildman–Crippen MR) is 62.7 cm³/mol. The Labute approximate surface area is 101 Å². The van der Waals surface area contributed by atoms with Gasteiger partial charge in [-0.3, -0.25) is 4.98 Å². The van der Waals surface area contributed by atoms with Gasteiger partial charge in [0.25, 0.3) is 0 Å². The van der Waals surface area contributed by atoms with Crippen molar-refractivity contribution in [2.45, 2.75) is 6.54 Å². The van der Waals surface area contributed by atoms with Gasteiger partial charge in [0, 0.05) is 10.7 Å². The first-order valence-electron chi connectivity index (χ1n) is 4.61. The minimum Gasteiger partial charge on any atom is -0.449 e. The van der Waals surface area contributed by atoms with Crippen molar-refractivity contribution in [2.75, 3.05) is 5.32 Å². The van der Waals surface area contributed by atoms with E-state index in [0.717, 1.165) is 15.9 Å². The molecule has 0 aromatic carbocycles. The maximum absolute atomic E-state index is 8.59. The Bertz CT molecular complexity index is 530. The Kier molecular flexibility index (Phi) is 3.22. The molecule has 0 aliphatic rings. The fourth-order valence-corrected chi connectivity index (χ4v) is 1.60. The fraction of sp³-hybridized carbons (Fsp3) is 0.0909. The number of furan rings is 1. The minimum atomic E-state index is 0.323. The summed E-state index contributed by atoms with van der Waals surface area (Å²) in [5.41, 5.74) is 0.893. The van der Waals surface area contributed by atoms with Gasteiger partial charge in [0.05, 0.1) is 18.4 Å². The lowest BCUT2D eigenvalue weighted by Crippen LogP contribution is -1.98. The average Bonchev–Trinajstić information content (AvgIpc) is 2.74. The van der Waals surface area contributed by atoms with Gasteiger partial charge in [0.2, 0.25) is 5.76 Å². The molecular weight excluding hydrogens is 270 g/mol. The van der Waals surface area contributed by atoms with Crippen molar-refractivity contribution in [3.05, 3.63) is 46.6 Å². The summed E-state index contributed by atoms with van der Waals surface area (Å²) in [6.45, 7) is 0.528. The summed E-state index contributed by atoms with van der Waals surface area (Å²) in [7, 11) is 0. The van der Waals surface area contributed by atoms with Crippen LogP contribution in [-0.2, 0) is 6.54 Å². The van der Waals surface area contributed by atoms with E-state index < -0.39 is 0 Å². The molecule has 2 aromatic heterocycles. The van der Waals surface area contributed by atoms with Crippen LogP contribution in [0.15, 0.2) is 39.5 Å². The Morgan fingerprint density at radius 2 is 2.31 bits per heavy atom. The SMILES string of the molecule is N#Cc1ccc(CNc2cncc(Br)c2)o1. The number of pyridine rings is 1. The third-order valence-corrected chi connectivity index (χ3v) is 2.38. The Morgan fingerprint density at radius 3 is 3.00 bits per heavy atom. The molecule has 0 spiro atoms. The van der Waals surface area contributed by atoms with Crippen LogP contribution in [0.2, 0.25) is 0 Å². The first-order chi connectivity index (χ1) is 7.78. The van der Waals surface area contributed by atoms with E-state index in [-0.39, 0.29) is 0 Å². The van der Waals surface area contributed by atoms with Crippen LogP contribution in [0.4, 0.5) is 5.69 Å². The molecule has 0 saturated carbocycles. The maximum atomic E-state index is 8.59. The highest BCUT2D eigenvalue weighted by molar-refractivity contribution is 9.10. The zero-order valence-corrected chi connectivity index (χ0v) is 9.86. The predicted octanol–water partition coefficient (Wildman–Crippen LogP) is 2.92. The van der Waals surface area contributed by atoms with Crippen molar-refractivity contribution >= 4 is 21.6 Å². The second-order valence-corrected chi connectivity index (χ2v) is 4.04. The molecule has 1 N–H and O–H groups in total. The van der Waals surface area contributed by atoms with Gasteiger partial charge < -0.3 is 9.73 Å². The quantitative estimate of drug-likeness (QED) is 0.937. The van der Waals surface area contributed by atoms with Crippen LogP contribution >= 0.6 is 15.9 Å². The molecule has 0 amide bonds. The first kappa shape index (κ1) is 10.7. The summed E-state index contributed by atoms with van der Waals surface area (Å²) in [4.78, 5) is 4.03. The zero-order valence-electron chi connectivity index (χ0n) is 8.27. The van der Waals surface area contributed by atoms with E-state index >= 15 is 0 Å². The average molecular weight is 278 g/mol. The molecule has 0 bridgehead atoms. The number of halogens is 1. The van der Waals surface area contributed by atoms with E-state index in [1.165, 1.54) is 0 Å². The van der Waals surface area contributed by atoms with Gasteiger partial charge in [0.15, 0.2) is 0 Å². The molecule has 0 saturated heterocycles. The van der Waals surface area contributed by atoms with Crippen LogP contribution in [-0.4, -0.2) is 4.98 Å². The van der Waals surface area contributed by atoms with Gasteiger partial charge >= 0.3 is 0 Å². The summed E-state index contributed by atoms with van der Waals surface area (Å²) in [5, 5.41) is 11.7. The van der Waals surface area contributed by atoms with Crippen molar-refractivity contribution in [1.82, 2.24) is 4.98 Å². The van der Waals surface area contributed by atoms with Crippen LogP contribution in [0.3, 0.4) is 0 Å². The minimum absolute atomic E-state index is 0.323. The second-order valence-electron chi connectivity index (χ2n) is 3.12. The van der Waals surface area contributed by atoms with Crippen LogP contribution in [0.25, 0.3) is 0 Å². The Morgan fingerprint density at radius 1 is 1.44 bits per heavy atom. The molecule has 5 heteroatoms. The normalized spacial score (nSPS) is 9.75. The van der Waals surface area contributed by atoms with E-state index in [0.29, 0.717) is 12.3 Å². The number of hydrogen-bond acceptors (Lipinski definition) is 4. The molecule has 0 aliphatic carbocycles. The molecule has 2 rings (SSSR count). The monoisotopic (exact) mass is 277 g/mol. The Balaban J connectivity index is 2.00. The highest BCUT2D eigenvalue weighted by Gasteiger charge is 2.01. The lowest BCUT2D eigenvalue weighted by molar-refractivity contribution is 0.506. The van der Waals surface area contributed by atoms with E-state index in [4.69, 9.17) is 9.68 Å². The van der Waals surface area contributed by atoms with Gasteiger partial charge in [-0.15, -0.1) is 0 Å². The van der Waals surface area contributed by atoms with E-state index in [9.17, 15) is 0 Å². The molecule has 2 heterocycles. The van der Waals surface area contributed by atoms with Crippen molar-refractivity contribution in [1.29, 1.82) is 5.26 Å². The molecule has 80 valence electrons. The summed E-state index contributed by atoms with van der Waals surface area (Å²) in [5.74, 6) is 1.04. The van der Waals surface area contributed by atoms with Gasteiger partial charge in [0.1, 0.15) is 11.8 Å². The molecule has 0 atom stereocenters. The summed E-state index contributed by atoms with van der Waals surface area (Å²) in [6.07, 6.45) is 3.44. The molecule has 2 aromatic rings. The van der Waals surface area contributed by atoms with Crippen LogP contribution < -0.4 is 5.32 Å². The molecular formula is C11H8BrN3O. The highest BCUT2D eigenvalue weighted by atomic mass is 79.9. The van der Waals surface area contributed by atoms with E-state index in [2.05, 4.69) is 26.2 Å². The van der Waals surface area contributed by atoms with E-state index in [1.807, 2.05) is 12.1 Å². The molecule has 0 radical (unpaired) electrons. The molecule has 0 fully saturated rings.